The summed E-state index contributed by atoms with van der Waals surface area (Å²) in [5, 5.41) is 9.19. The van der Waals surface area contributed by atoms with Gasteiger partial charge in [0.15, 0.2) is 5.78 Å². The lowest BCUT2D eigenvalue weighted by molar-refractivity contribution is -0.145. The SMILES string of the molecule is CC(=O)C(=O)[C@@H]1CCCCCCCCCC(C)(C)[C@H](NC(=O)NC2(C)CCCCC2)C(=O)N2C[C@H]3[C@@H]([C@H]2C(=O)N1)C3(C)C. The molecule has 4 fully saturated rings. The van der Waals surface area contributed by atoms with E-state index in [0.29, 0.717) is 13.0 Å². The zero-order valence-corrected chi connectivity index (χ0v) is 27.5. The Labute approximate surface area is 258 Å². The molecule has 4 rings (SSSR count). The van der Waals surface area contributed by atoms with E-state index in [1.54, 1.807) is 4.90 Å². The monoisotopic (exact) mass is 600 g/mol. The van der Waals surface area contributed by atoms with Crippen molar-refractivity contribution in [3.05, 3.63) is 0 Å². The number of carbonyl (C=O) groups excluding carboxylic acids is 5. The van der Waals surface area contributed by atoms with E-state index in [1.807, 2.05) is 13.8 Å². The van der Waals surface area contributed by atoms with Crippen LogP contribution in [0.15, 0.2) is 0 Å². The van der Waals surface area contributed by atoms with Crippen molar-refractivity contribution in [1.29, 1.82) is 0 Å². The zero-order chi connectivity index (χ0) is 31.6. The van der Waals surface area contributed by atoms with Gasteiger partial charge >= 0.3 is 6.03 Å². The Morgan fingerprint density at radius 2 is 1.37 bits per heavy atom. The molecule has 2 saturated heterocycles. The van der Waals surface area contributed by atoms with Gasteiger partial charge in [-0.1, -0.05) is 91.9 Å². The molecule has 0 aromatic carbocycles. The van der Waals surface area contributed by atoms with Gasteiger partial charge in [0, 0.05) is 19.0 Å². The molecule has 0 bridgehead atoms. The molecular weight excluding hydrogens is 544 g/mol. The van der Waals surface area contributed by atoms with Crippen LogP contribution < -0.4 is 16.0 Å². The van der Waals surface area contributed by atoms with E-state index in [9.17, 15) is 24.0 Å². The van der Waals surface area contributed by atoms with Gasteiger partial charge < -0.3 is 20.9 Å². The third-order valence-electron chi connectivity index (χ3n) is 11.2. The molecule has 4 aliphatic rings. The molecule has 5 atom stereocenters. The maximum Gasteiger partial charge on any atom is 0.315 e. The molecule has 2 heterocycles. The number of hydrogen-bond donors (Lipinski definition) is 3. The van der Waals surface area contributed by atoms with Gasteiger partial charge in [-0.2, -0.15) is 0 Å². The minimum atomic E-state index is -0.883. The van der Waals surface area contributed by atoms with E-state index in [2.05, 4.69) is 36.7 Å². The standard InChI is InChI=1S/C34H56N4O5/c1-22(39)27(40)24-17-13-10-8-7-9-11-14-18-32(2,3)28(36-31(43)37-34(6)19-15-12-16-20-34)30(42)38-21-23-25(33(23,4)5)26(38)29(41)35-24/h23-26,28H,7-21H2,1-6H3,(H,35,41)(H2,36,37,43)/t23-,24-,25-,26-,28+/m0/s1. The van der Waals surface area contributed by atoms with Gasteiger partial charge in [0.2, 0.25) is 17.6 Å². The quantitative estimate of drug-likeness (QED) is 0.390. The van der Waals surface area contributed by atoms with Crippen LogP contribution in [-0.4, -0.2) is 64.5 Å². The first-order chi connectivity index (χ1) is 20.2. The van der Waals surface area contributed by atoms with Crippen LogP contribution in [0.3, 0.4) is 0 Å². The van der Waals surface area contributed by atoms with Gasteiger partial charge in [0.05, 0.1) is 6.04 Å². The normalized spacial score (nSPS) is 32.8. The average Bonchev–Trinajstić information content (AvgIpc) is 3.25. The van der Waals surface area contributed by atoms with Crippen molar-refractivity contribution < 1.29 is 24.0 Å². The third-order valence-corrected chi connectivity index (χ3v) is 11.2. The van der Waals surface area contributed by atoms with Crippen LogP contribution in [0.5, 0.6) is 0 Å². The number of Topliss-reactive ketones (excluding diaryl/α,β-unsaturated/α-hetero) is 2. The molecule has 0 aromatic heterocycles. The molecule has 4 amide bonds. The van der Waals surface area contributed by atoms with Crippen molar-refractivity contribution in [3.63, 3.8) is 0 Å². The first-order valence-corrected chi connectivity index (χ1v) is 16.9. The third kappa shape index (κ3) is 7.62. The summed E-state index contributed by atoms with van der Waals surface area (Å²) in [6.07, 6.45) is 13.2. The van der Waals surface area contributed by atoms with Gasteiger partial charge in [0.25, 0.3) is 0 Å². The molecule has 0 radical (unpaired) electrons. The van der Waals surface area contributed by atoms with E-state index < -0.39 is 35.1 Å². The van der Waals surface area contributed by atoms with Gasteiger partial charge in [0.1, 0.15) is 12.1 Å². The predicted molar refractivity (Wildman–Crippen MR) is 166 cm³/mol. The fourth-order valence-electron chi connectivity index (χ4n) is 8.20. The maximum absolute atomic E-state index is 14.5. The summed E-state index contributed by atoms with van der Waals surface area (Å²) >= 11 is 0. The first-order valence-electron chi connectivity index (χ1n) is 16.9. The molecule has 2 aliphatic heterocycles. The smallest absolute Gasteiger partial charge is 0.315 e. The fourth-order valence-corrected chi connectivity index (χ4v) is 8.20. The van der Waals surface area contributed by atoms with Gasteiger partial charge in [-0.25, -0.2) is 4.79 Å². The molecule has 9 heteroatoms. The second-order valence-corrected chi connectivity index (χ2v) is 15.5. The fraction of sp³-hybridized carbons (Fsp3) is 0.853. The highest BCUT2D eigenvalue weighted by Crippen LogP contribution is 2.65. The van der Waals surface area contributed by atoms with E-state index in [0.717, 1.165) is 77.0 Å². The largest absolute Gasteiger partial charge is 0.344 e. The number of carbonyl (C=O) groups is 5. The van der Waals surface area contributed by atoms with Gasteiger partial charge in [-0.15, -0.1) is 0 Å². The lowest BCUT2D eigenvalue weighted by Crippen LogP contribution is -2.63. The molecule has 2 saturated carbocycles. The van der Waals surface area contributed by atoms with Crippen molar-refractivity contribution in [3.8, 4) is 0 Å². The number of rotatable bonds is 4. The number of nitrogens with zero attached hydrogens (tertiary/aromatic N) is 1. The molecule has 3 N–H and O–H groups in total. The second-order valence-electron chi connectivity index (χ2n) is 15.5. The van der Waals surface area contributed by atoms with Crippen LogP contribution in [-0.2, 0) is 19.2 Å². The summed E-state index contributed by atoms with van der Waals surface area (Å²) in [6, 6.07) is -2.77. The second kappa shape index (κ2) is 13.3. The Kier molecular flexibility index (Phi) is 10.3. The predicted octanol–water partition coefficient (Wildman–Crippen LogP) is 5.05. The van der Waals surface area contributed by atoms with E-state index >= 15 is 0 Å². The minimum absolute atomic E-state index is 0.0367. The number of ketones is 2. The highest BCUT2D eigenvalue weighted by Gasteiger charge is 2.70. The number of piperidine rings is 1. The highest BCUT2D eigenvalue weighted by atomic mass is 16.2. The van der Waals surface area contributed by atoms with Gasteiger partial charge in [-0.3, -0.25) is 19.2 Å². The lowest BCUT2D eigenvalue weighted by Gasteiger charge is -2.41. The molecule has 2 aliphatic carbocycles. The van der Waals surface area contributed by atoms with Crippen LogP contribution in [0.25, 0.3) is 0 Å². The van der Waals surface area contributed by atoms with Crippen LogP contribution in [0.1, 0.15) is 131 Å². The van der Waals surface area contributed by atoms with E-state index in [-0.39, 0.29) is 40.6 Å². The molecule has 0 aromatic rings. The number of fused-ring (bicyclic) bond motifs is 3. The maximum atomic E-state index is 14.5. The summed E-state index contributed by atoms with van der Waals surface area (Å²) in [5.41, 5.74) is -0.943. The number of nitrogens with one attached hydrogen (secondary N) is 3. The van der Waals surface area contributed by atoms with Crippen LogP contribution >= 0.6 is 0 Å². The van der Waals surface area contributed by atoms with Crippen molar-refractivity contribution >= 4 is 29.4 Å². The van der Waals surface area contributed by atoms with Crippen molar-refractivity contribution in [2.75, 3.05) is 6.54 Å². The van der Waals surface area contributed by atoms with Gasteiger partial charge in [-0.05, 0) is 55.3 Å². The van der Waals surface area contributed by atoms with Crippen molar-refractivity contribution in [2.45, 2.75) is 155 Å². The number of amides is 4. The number of hydrogen-bond acceptors (Lipinski definition) is 5. The Balaban J connectivity index is 1.62. The lowest BCUT2D eigenvalue weighted by atomic mass is 9.78. The Hall–Kier alpha value is -2.45. The molecule has 0 unspecified atom stereocenters. The Morgan fingerprint density at radius 3 is 2.00 bits per heavy atom. The van der Waals surface area contributed by atoms with Crippen LogP contribution in [0, 0.1) is 22.7 Å². The highest BCUT2D eigenvalue weighted by molar-refractivity contribution is 6.38. The van der Waals surface area contributed by atoms with E-state index in [4.69, 9.17) is 0 Å². The minimum Gasteiger partial charge on any atom is -0.344 e. The van der Waals surface area contributed by atoms with Crippen molar-refractivity contribution in [1.82, 2.24) is 20.9 Å². The summed E-state index contributed by atoms with van der Waals surface area (Å²) in [7, 11) is 0. The average molecular weight is 601 g/mol. The molecule has 242 valence electrons. The first kappa shape index (κ1) is 33.4. The summed E-state index contributed by atoms with van der Waals surface area (Å²) in [6.45, 7) is 12.1. The summed E-state index contributed by atoms with van der Waals surface area (Å²) in [5.74, 6) is -1.63. The molecule has 9 nitrogen and oxygen atoms in total. The van der Waals surface area contributed by atoms with Crippen LogP contribution in [0.2, 0.25) is 0 Å². The Bertz CT molecular complexity index is 1080. The summed E-state index contributed by atoms with van der Waals surface area (Å²) in [4.78, 5) is 68.6. The Morgan fingerprint density at radius 1 is 0.814 bits per heavy atom. The van der Waals surface area contributed by atoms with E-state index in [1.165, 1.54) is 13.3 Å². The number of urea groups is 1. The molecule has 43 heavy (non-hydrogen) atoms. The molecule has 0 spiro atoms. The topological polar surface area (TPSA) is 125 Å². The summed E-state index contributed by atoms with van der Waals surface area (Å²) < 4.78 is 0. The zero-order valence-electron chi connectivity index (χ0n) is 27.5. The molecular formula is C34H56N4O5. The van der Waals surface area contributed by atoms with Crippen molar-refractivity contribution in [2.24, 2.45) is 22.7 Å². The van der Waals surface area contributed by atoms with Crippen LogP contribution in [0.4, 0.5) is 4.79 Å².